The van der Waals surface area contributed by atoms with E-state index in [0.717, 1.165) is 33.9 Å². The lowest BCUT2D eigenvalue weighted by Gasteiger charge is -2.09. The number of benzene rings is 2. The van der Waals surface area contributed by atoms with Crippen LogP contribution in [0.4, 0.5) is 4.79 Å². The highest BCUT2D eigenvalue weighted by Crippen LogP contribution is 2.28. The number of hydrogen-bond acceptors (Lipinski definition) is 3. The first-order valence-corrected chi connectivity index (χ1v) is 8.67. The molecule has 2 amide bonds. The lowest BCUT2D eigenvalue weighted by Crippen LogP contribution is -2.25. The maximum absolute atomic E-state index is 11.8. The van der Waals surface area contributed by atoms with Crippen LogP contribution in [-0.4, -0.2) is 21.0 Å². The summed E-state index contributed by atoms with van der Waals surface area (Å²) in [6.45, 7) is 2.07. The van der Waals surface area contributed by atoms with Crippen molar-refractivity contribution in [3.8, 4) is 5.69 Å². The van der Waals surface area contributed by atoms with Crippen LogP contribution >= 0.6 is 11.8 Å². The van der Waals surface area contributed by atoms with Gasteiger partial charge in [0.25, 0.3) is 5.24 Å². The second-order valence-corrected chi connectivity index (χ2v) is 7.13. The number of thioether (sulfide) groups is 1. The third kappa shape index (κ3) is 2.61. The van der Waals surface area contributed by atoms with Gasteiger partial charge in [0.15, 0.2) is 0 Å². The summed E-state index contributed by atoms with van der Waals surface area (Å²) >= 11 is 1.08. The van der Waals surface area contributed by atoms with Crippen molar-refractivity contribution in [2.45, 2.75) is 18.6 Å². The molecule has 1 fully saturated rings. The molecule has 1 atom stereocenters. The lowest BCUT2D eigenvalue weighted by atomic mass is 10.0. The molecule has 0 bridgehead atoms. The van der Waals surface area contributed by atoms with E-state index in [2.05, 4.69) is 53.2 Å². The van der Waals surface area contributed by atoms with Crippen LogP contribution in [-0.2, 0) is 11.2 Å². The van der Waals surface area contributed by atoms with Gasteiger partial charge in [-0.2, -0.15) is 0 Å². The van der Waals surface area contributed by atoms with Gasteiger partial charge >= 0.3 is 0 Å². The summed E-state index contributed by atoms with van der Waals surface area (Å²) in [5.41, 5.74) is 4.52. The van der Waals surface area contributed by atoms with E-state index in [4.69, 9.17) is 0 Å². The average molecular weight is 336 g/mol. The highest BCUT2D eigenvalue weighted by Gasteiger charge is 2.31. The SMILES string of the molecule is Cc1ccc(-n2ccc3c(CC4SC(=O)NC4=O)cccc32)cc1. The van der Waals surface area contributed by atoms with Gasteiger partial charge in [0.1, 0.15) is 0 Å². The van der Waals surface area contributed by atoms with E-state index in [-0.39, 0.29) is 16.4 Å². The number of amides is 2. The van der Waals surface area contributed by atoms with Crippen LogP contribution in [0.1, 0.15) is 11.1 Å². The molecule has 1 aliphatic rings. The van der Waals surface area contributed by atoms with Crippen LogP contribution in [0.2, 0.25) is 0 Å². The van der Waals surface area contributed by atoms with Crippen molar-refractivity contribution in [1.82, 2.24) is 9.88 Å². The highest BCUT2D eigenvalue weighted by atomic mass is 32.2. The number of aryl methyl sites for hydroxylation is 1. The van der Waals surface area contributed by atoms with Crippen LogP contribution < -0.4 is 5.32 Å². The summed E-state index contributed by atoms with van der Waals surface area (Å²) in [6, 6.07) is 16.6. The summed E-state index contributed by atoms with van der Waals surface area (Å²) in [7, 11) is 0. The zero-order valence-electron chi connectivity index (χ0n) is 13.2. The lowest BCUT2D eigenvalue weighted by molar-refractivity contribution is -0.118. The Labute approximate surface area is 143 Å². The molecular weight excluding hydrogens is 320 g/mol. The highest BCUT2D eigenvalue weighted by molar-refractivity contribution is 8.15. The van der Waals surface area contributed by atoms with Crippen LogP contribution in [0.15, 0.2) is 54.7 Å². The molecule has 1 unspecified atom stereocenters. The van der Waals surface area contributed by atoms with Crippen molar-refractivity contribution in [3.05, 3.63) is 65.9 Å². The van der Waals surface area contributed by atoms with Gasteiger partial charge in [0.05, 0.1) is 10.8 Å². The Bertz CT molecular complexity index is 944. The fourth-order valence-electron chi connectivity index (χ4n) is 3.07. The number of imide groups is 1. The van der Waals surface area contributed by atoms with Crippen molar-refractivity contribution in [3.63, 3.8) is 0 Å². The van der Waals surface area contributed by atoms with Crippen molar-refractivity contribution in [2.24, 2.45) is 0 Å². The fraction of sp³-hybridized carbons (Fsp3) is 0.158. The van der Waals surface area contributed by atoms with Crippen molar-refractivity contribution in [2.75, 3.05) is 0 Å². The molecule has 1 saturated heterocycles. The summed E-state index contributed by atoms with van der Waals surface area (Å²) in [4.78, 5) is 23.2. The zero-order valence-corrected chi connectivity index (χ0v) is 14.0. The van der Waals surface area contributed by atoms with E-state index in [0.29, 0.717) is 6.42 Å². The van der Waals surface area contributed by atoms with Gasteiger partial charge in [-0.3, -0.25) is 14.9 Å². The number of fused-ring (bicyclic) bond motifs is 1. The molecule has 4 nitrogen and oxygen atoms in total. The Morgan fingerprint density at radius 2 is 1.88 bits per heavy atom. The van der Waals surface area contributed by atoms with Gasteiger partial charge in [-0.05, 0) is 43.2 Å². The van der Waals surface area contributed by atoms with E-state index < -0.39 is 0 Å². The molecule has 1 aromatic heterocycles. The number of aromatic nitrogens is 1. The summed E-state index contributed by atoms with van der Waals surface area (Å²) < 4.78 is 2.14. The predicted molar refractivity (Wildman–Crippen MR) is 96.6 cm³/mol. The molecule has 1 aliphatic heterocycles. The number of rotatable bonds is 3. The second-order valence-electron chi connectivity index (χ2n) is 5.96. The Morgan fingerprint density at radius 1 is 1.08 bits per heavy atom. The minimum Gasteiger partial charge on any atom is -0.317 e. The standard InChI is InChI=1S/C19H16N2O2S/c1-12-5-7-14(8-6-12)21-10-9-15-13(3-2-4-16(15)21)11-17-18(22)20-19(23)24-17/h2-10,17H,11H2,1H3,(H,20,22,23). The van der Waals surface area contributed by atoms with Gasteiger partial charge in [-0.25, -0.2) is 0 Å². The van der Waals surface area contributed by atoms with E-state index >= 15 is 0 Å². The predicted octanol–water partition coefficient (Wildman–Crippen LogP) is 3.83. The fourth-order valence-corrected chi connectivity index (χ4v) is 3.91. The molecule has 0 aliphatic carbocycles. The molecular formula is C19H16N2O2S. The first kappa shape index (κ1) is 15.0. The first-order valence-electron chi connectivity index (χ1n) is 7.79. The molecule has 24 heavy (non-hydrogen) atoms. The topological polar surface area (TPSA) is 51.1 Å². The molecule has 4 rings (SSSR count). The van der Waals surface area contributed by atoms with E-state index in [1.165, 1.54) is 5.56 Å². The number of carbonyl (C=O) groups is 2. The van der Waals surface area contributed by atoms with Crippen LogP contribution in [0.25, 0.3) is 16.6 Å². The molecule has 2 aromatic carbocycles. The van der Waals surface area contributed by atoms with E-state index in [9.17, 15) is 9.59 Å². The van der Waals surface area contributed by atoms with Gasteiger partial charge in [-0.15, -0.1) is 0 Å². The van der Waals surface area contributed by atoms with Crippen molar-refractivity contribution >= 4 is 33.8 Å². The van der Waals surface area contributed by atoms with Crippen LogP contribution in [0.3, 0.4) is 0 Å². The molecule has 0 radical (unpaired) electrons. The Kier molecular flexibility index (Phi) is 3.65. The van der Waals surface area contributed by atoms with Gasteiger partial charge in [0.2, 0.25) is 5.91 Å². The number of nitrogens with one attached hydrogen (secondary N) is 1. The minimum absolute atomic E-state index is 0.194. The molecule has 0 spiro atoms. The number of hydrogen-bond donors (Lipinski definition) is 1. The third-order valence-corrected chi connectivity index (χ3v) is 5.29. The Balaban J connectivity index is 1.72. The van der Waals surface area contributed by atoms with Crippen molar-refractivity contribution < 1.29 is 9.59 Å². The largest absolute Gasteiger partial charge is 0.317 e. The molecule has 2 heterocycles. The third-order valence-electron chi connectivity index (χ3n) is 4.31. The normalized spacial score (nSPS) is 17.5. The molecule has 5 heteroatoms. The maximum Gasteiger partial charge on any atom is 0.286 e. The summed E-state index contributed by atoms with van der Waals surface area (Å²) in [5, 5.41) is 2.87. The average Bonchev–Trinajstić information content (AvgIpc) is 3.12. The minimum atomic E-state index is -0.342. The number of nitrogens with zero attached hydrogens (tertiary/aromatic N) is 1. The van der Waals surface area contributed by atoms with E-state index in [1.54, 1.807) is 0 Å². The monoisotopic (exact) mass is 336 g/mol. The van der Waals surface area contributed by atoms with E-state index in [1.807, 2.05) is 18.3 Å². The molecule has 1 N–H and O–H groups in total. The van der Waals surface area contributed by atoms with Crippen LogP contribution in [0, 0.1) is 6.92 Å². The molecule has 0 saturated carbocycles. The van der Waals surface area contributed by atoms with Gasteiger partial charge in [-0.1, -0.05) is 41.6 Å². The van der Waals surface area contributed by atoms with Gasteiger partial charge < -0.3 is 4.57 Å². The number of carbonyl (C=O) groups excluding carboxylic acids is 2. The Hall–Kier alpha value is -2.53. The second kappa shape index (κ2) is 5.83. The smallest absolute Gasteiger partial charge is 0.286 e. The zero-order chi connectivity index (χ0) is 16.7. The summed E-state index contributed by atoms with van der Waals surface area (Å²) in [6.07, 6.45) is 2.60. The maximum atomic E-state index is 11.8. The molecule has 120 valence electrons. The molecule has 3 aromatic rings. The van der Waals surface area contributed by atoms with Gasteiger partial charge in [0, 0.05) is 17.3 Å². The summed E-state index contributed by atoms with van der Waals surface area (Å²) in [5.74, 6) is -0.194. The first-order chi connectivity index (χ1) is 11.6. The Morgan fingerprint density at radius 3 is 2.58 bits per heavy atom. The van der Waals surface area contributed by atoms with Crippen molar-refractivity contribution in [1.29, 1.82) is 0 Å². The quantitative estimate of drug-likeness (QED) is 0.791. The van der Waals surface area contributed by atoms with Crippen LogP contribution in [0.5, 0.6) is 0 Å².